The van der Waals surface area contributed by atoms with Gasteiger partial charge < -0.3 is 15.4 Å². The van der Waals surface area contributed by atoms with E-state index in [1.54, 1.807) is 0 Å². The normalized spacial score (nSPS) is 27.1. The summed E-state index contributed by atoms with van der Waals surface area (Å²) in [5.41, 5.74) is 9.56. The summed E-state index contributed by atoms with van der Waals surface area (Å²) < 4.78 is 8.53. The van der Waals surface area contributed by atoms with Crippen molar-refractivity contribution in [3.05, 3.63) is 53.7 Å². The van der Waals surface area contributed by atoms with Gasteiger partial charge >= 0.3 is 0 Å². The predicted molar refractivity (Wildman–Crippen MR) is 114 cm³/mol. The van der Waals surface area contributed by atoms with E-state index in [9.17, 15) is 0 Å². The summed E-state index contributed by atoms with van der Waals surface area (Å²) >= 11 is 0. The molecule has 1 fully saturated rings. The minimum absolute atomic E-state index is 0.0243. The van der Waals surface area contributed by atoms with Gasteiger partial charge in [-0.1, -0.05) is 24.3 Å². The molecular formula is C23H29N5O. The fraction of sp³-hybridized carbons (Fsp3) is 0.478. The lowest BCUT2D eigenvalue weighted by atomic mass is 9.86. The maximum Gasteiger partial charge on any atom is 0.232 e. The molecule has 2 N–H and O–H groups in total. The van der Waals surface area contributed by atoms with Crippen molar-refractivity contribution in [1.82, 2.24) is 14.6 Å². The van der Waals surface area contributed by atoms with Crippen LogP contribution in [0.25, 0.3) is 5.65 Å². The molecule has 4 atom stereocenters. The van der Waals surface area contributed by atoms with Gasteiger partial charge in [0.2, 0.25) is 5.95 Å². The van der Waals surface area contributed by atoms with E-state index in [0.29, 0.717) is 12.1 Å². The lowest BCUT2D eigenvalue weighted by molar-refractivity contribution is 0.176. The second-order valence-corrected chi connectivity index (χ2v) is 8.55. The zero-order chi connectivity index (χ0) is 20.0. The smallest absolute Gasteiger partial charge is 0.232 e. The van der Waals surface area contributed by atoms with Gasteiger partial charge in [0.25, 0.3) is 0 Å². The first-order valence-electron chi connectivity index (χ1n) is 10.8. The fourth-order valence-corrected chi connectivity index (χ4v) is 4.99. The number of nitrogens with two attached hydrogens (primary N) is 1. The van der Waals surface area contributed by atoms with Crippen LogP contribution in [-0.2, 0) is 0 Å². The molecule has 0 spiro atoms. The first-order valence-corrected chi connectivity index (χ1v) is 10.8. The highest BCUT2D eigenvalue weighted by atomic mass is 16.5. The average molecular weight is 392 g/mol. The molecule has 1 aromatic carbocycles. The van der Waals surface area contributed by atoms with E-state index in [4.69, 9.17) is 10.5 Å². The topological polar surface area (TPSA) is 68.7 Å². The minimum Gasteiger partial charge on any atom is -0.484 e. The molecule has 0 amide bonds. The van der Waals surface area contributed by atoms with Gasteiger partial charge in [-0.3, -0.25) is 4.40 Å². The number of fused-ring (bicyclic) bond motifs is 2. The van der Waals surface area contributed by atoms with E-state index in [1.807, 2.05) is 18.3 Å². The number of benzene rings is 1. The molecule has 29 heavy (non-hydrogen) atoms. The number of anilines is 1. The van der Waals surface area contributed by atoms with Gasteiger partial charge in [0.05, 0.1) is 6.20 Å². The molecule has 152 valence electrons. The molecule has 0 bridgehead atoms. The Morgan fingerprint density at radius 2 is 1.69 bits per heavy atom. The lowest BCUT2D eigenvalue weighted by Gasteiger charge is -2.39. The van der Waals surface area contributed by atoms with Gasteiger partial charge in [-0.15, -0.1) is 10.2 Å². The minimum atomic E-state index is 0.0243. The molecule has 5 rings (SSSR count). The van der Waals surface area contributed by atoms with Crippen molar-refractivity contribution in [2.45, 2.75) is 70.2 Å². The molecule has 0 radical (unpaired) electrons. The van der Waals surface area contributed by atoms with Gasteiger partial charge in [0.1, 0.15) is 11.9 Å². The van der Waals surface area contributed by atoms with Crippen LogP contribution >= 0.6 is 0 Å². The van der Waals surface area contributed by atoms with Gasteiger partial charge in [-0.25, -0.2) is 0 Å². The van der Waals surface area contributed by atoms with Crippen molar-refractivity contribution in [3.8, 4) is 5.75 Å². The largest absolute Gasteiger partial charge is 0.484 e. The number of hydrogen-bond acceptors (Lipinski definition) is 5. The second kappa shape index (κ2) is 7.34. The molecule has 1 saturated heterocycles. The van der Waals surface area contributed by atoms with Gasteiger partial charge in [0.15, 0.2) is 5.65 Å². The number of pyridine rings is 1. The van der Waals surface area contributed by atoms with Crippen LogP contribution < -0.4 is 15.4 Å². The zero-order valence-corrected chi connectivity index (χ0v) is 17.2. The van der Waals surface area contributed by atoms with Crippen LogP contribution in [-0.4, -0.2) is 26.7 Å². The Morgan fingerprint density at radius 3 is 2.48 bits per heavy atom. The first kappa shape index (κ1) is 18.4. The molecule has 6 nitrogen and oxygen atoms in total. The van der Waals surface area contributed by atoms with Crippen LogP contribution in [0.15, 0.2) is 42.6 Å². The van der Waals surface area contributed by atoms with Crippen molar-refractivity contribution in [2.24, 2.45) is 5.73 Å². The van der Waals surface area contributed by atoms with Crippen LogP contribution in [0.4, 0.5) is 5.95 Å². The standard InChI is InChI=1S/C23H29N5O/c1-15-6-5-7-16(2)28(15)23-26-25-22-13-10-17(14-27(22)23)29-21-12-11-20(24)18-8-3-4-9-19(18)21/h3-4,8-10,13-16,20-21H,5-7,11-12,24H2,1-2H3/t15?,16?,20-,21+/m0/s1. The molecule has 2 unspecified atom stereocenters. The van der Waals surface area contributed by atoms with Gasteiger partial charge in [0, 0.05) is 18.1 Å². The summed E-state index contributed by atoms with van der Waals surface area (Å²) in [5.74, 6) is 1.75. The molecule has 2 aromatic heterocycles. The molecular weight excluding hydrogens is 362 g/mol. The summed E-state index contributed by atoms with van der Waals surface area (Å²) in [6, 6.07) is 13.4. The van der Waals surface area contributed by atoms with E-state index in [1.165, 1.54) is 30.4 Å². The Morgan fingerprint density at radius 1 is 0.931 bits per heavy atom. The molecule has 3 aromatic rings. The van der Waals surface area contributed by atoms with Gasteiger partial charge in [-0.05, 0) is 69.2 Å². The van der Waals surface area contributed by atoms with Crippen molar-refractivity contribution in [2.75, 3.05) is 4.90 Å². The van der Waals surface area contributed by atoms with Crippen LogP contribution in [0, 0.1) is 0 Å². The van der Waals surface area contributed by atoms with Crippen LogP contribution in [0.3, 0.4) is 0 Å². The molecule has 3 heterocycles. The maximum atomic E-state index is 6.45. The number of nitrogens with zero attached hydrogens (tertiary/aromatic N) is 4. The third-order valence-electron chi connectivity index (χ3n) is 6.54. The molecule has 1 aliphatic carbocycles. The first-order chi connectivity index (χ1) is 14.1. The summed E-state index contributed by atoms with van der Waals surface area (Å²) in [7, 11) is 0. The molecule has 2 aliphatic rings. The van der Waals surface area contributed by atoms with Crippen molar-refractivity contribution in [3.63, 3.8) is 0 Å². The molecule has 1 aliphatic heterocycles. The highest BCUT2D eigenvalue weighted by molar-refractivity contribution is 5.50. The zero-order valence-electron chi connectivity index (χ0n) is 17.2. The van der Waals surface area contributed by atoms with Crippen LogP contribution in [0.1, 0.15) is 69.2 Å². The number of rotatable bonds is 3. The van der Waals surface area contributed by atoms with E-state index in [2.05, 4.69) is 57.6 Å². The van der Waals surface area contributed by atoms with Crippen molar-refractivity contribution >= 4 is 11.6 Å². The predicted octanol–water partition coefficient (Wildman–Crippen LogP) is 4.41. The Balaban J connectivity index is 1.47. The Hall–Kier alpha value is -2.60. The van der Waals surface area contributed by atoms with Crippen LogP contribution in [0.2, 0.25) is 0 Å². The monoisotopic (exact) mass is 391 g/mol. The number of piperidine rings is 1. The van der Waals surface area contributed by atoms with E-state index < -0.39 is 0 Å². The average Bonchev–Trinajstić information content (AvgIpc) is 3.13. The summed E-state index contributed by atoms with van der Waals surface area (Å²) in [5, 5.41) is 8.92. The number of aromatic nitrogens is 3. The van der Waals surface area contributed by atoms with E-state index in [0.717, 1.165) is 30.2 Å². The SMILES string of the molecule is CC1CCCC(C)N1c1nnc2ccc(O[C@@H]3CC[C@H](N)c4ccccc43)cn12. The highest BCUT2D eigenvalue weighted by Crippen LogP contribution is 2.38. The maximum absolute atomic E-state index is 6.45. The van der Waals surface area contributed by atoms with E-state index in [-0.39, 0.29) is 12.1 Å². The van der Waals surface area contributed by atoms with Crippen LogP contribution in [0.5, 0.6) is 5.75 Å². The van der Waals surface area contributed by atoms with E-state index >= 15 is 0 Å². The lowest BCUT2D eigenvalue weighted by Crippen LogP contribution is -2.44. The summed E-state index contributed by atoms with van der Waals surface area (Å²) in [4.78, 5) is 2.40. The van der Waals surface area contributed by atoms with Crippen molar-refractivity contribution < 1.29 is 4.74 Å². The number of ether oxygens (including phenoxy) is 1. The summed E-state index contributed by atoms with van der Waals surface area (Å²) in [6.45, 7) is 4.55. The molecule has 6 heteroatoms. The number of hydrogen-bond donors (Lipinski definition) is 1. The van der Waals surface area contributed by atoms with Gasteiger partial charge in [-0.2, -0.15) is 0 Å². The third kappa shape index (κ3) is 3.25. The fourth-order valence-electron chi connectivity index (χ4n) is 4.99. The third-order valence-corrected chi connectivity index (χ3v) is 6.54. The Bertz CT molecular complexity index is 1010. The Labute approximate surface area is 171 Å². The van der Waals surface area contributed by atoms with Crippen molar-refractivity contribution in [1.29, 1.82) is 0 Å². The highest BCUT2D eigenvalue weighted by Gasteiger charge is 2.29. The second-order valence-electron chi connectivity index (χ2n) is 8.55. The summed E-state index contributed by atoms with van der Waals surface area (Å²) in [6.07, 6.45) is 7.57. The Kier molecular flexibility index (Phi) is 4.66. The quantitative estimate of drug-likeness (QED) is 0.716. The molecule has 0 saturated carbocycles.